The Labute approximate surface area is 142 Å². The highest BCUT2D eigenvalue weighted by atomic mass is 16.5. The van der Waals surface area contributed by atoms with Crippen LogP contribution in [0, 0.1) is 6.92 Å². The molecule has 4 rings (SSSR count). The van der Waals surface area contributed by atoms with Crippen molar-refractivity contribution in [1.29, 1.82) is 0 Å². The summed E-state index contributed by atoms with van der Waals surface area (Å²) in [5.74, 6) is 0.104. The van der Waals surface area contributed by atoms with Gasteiger partial charge in [0, 0.05) is 12.2 Å². The van der Waals surface area contributed by atoms with Crippen LogP contribution < -0.4 is 0 Å². The van der Waals surface area contributed by atoms with Crippen LogP contribution in [0.25, 0.3) is 0 Å². The summed E-state index contributed by atoms with van der Waals surface area (Å²) >= 11 is 0. The number of fused-ring (bicyclic) bond motifs is 1. The largest absolute Gasteiger partial charge is 0.374 e. The average Bonchev–Trinajstić information content (AvgIpc) is 3.22. The first-order valence-corrected chi connectivity index (χ1v) is 8.73. The number of ether oxygens (including phenoxy) is 1. The molecule has 2 fully saturated rings. The van der Waals surface area contributed by atoms with E-state index in [9.17, 15) is 4.79 Å². The van der Waals surface area contributed by atoms with E-state index in [1.54, 1.807) is 6.20 Å². The van der Waals surface area contributed by atoms with Gasteiger partial charge < -0.3 is 9.64 Å². The van der Waals surface area contributed by atoms with Gasteiger partial charge in [-0.2, -0.15) is 5.10 Å². The fourth-order valence-corrected chi connectivity index (χ4v) is 3.90. The van der Waals surface area contributed by atoms with Crippen molar-refractivity contribution in [2.45, 2.75) is 44.9 Å². The molecule has 1 aromatic heterocycles. The number of carbonyl (C=O) groups is 1. The van der Waals surface area contributed by atoms with Gasteiger partial charge in [-0.15, -0.1) is 0 Å². The van der Waals surface area contributed by atoms with Crippen molar-refractivity contribution in [3.63, 3.8) is 0 Å². The van der Waals surface area contributed by atoms with Crippen LogP contribution in [0.4, 0.5) is 0 Å². The second kappa shape index (κ2) is 6.40. The highest BCUT2D eigenvalue weighted by molar-refractivity contribution is 5.95. The van der Waals surface area contributed by atoms with Crippen LogP contribution >= 0.6 is 0 Å². The van der Waals surface area contributed by atoms with E-state index in [2.05, 4.69) is 17.2 Å². The van der Waals surface area contributed by atoms with Crippen LogP contribution in [0.1, 0.15) is 40.9 Å². The van der Waals surface area contributed by atoms with Crippen molar-refractivity contribution in [3.8, 4) is 0 Å². The molecule has 1 aromatic carbocycles. The van der Waals surface area contributed by atoms with Gasteiger partial charge in [0.1, 0.15) is 0 Å². The summed E-state index contributed by atoms with van der Waals surface area (Å²) in [6.07, 6.45) is 5.21. The maximum Gasteiger partial charge on any atom is 0.257 e. The van der Waals surface area contributed by atoms with E-state index < -0.39 is 0 Å². The third kappa shape index (κ3) is 2.73. The Balaban J connectivity index is 1.55. The molecule has 2 heterocycles. The Kier molecular flexibility index (Phi) is 4.10. The third-order valence-electron chi connectivity index (χ3n) is 5.25. The lowest BCUT2D eigenvalue weighted by molar-refractivity contribution is -0.0445. The minimum atomic E-state index is 0.104. The first-order chi connectivity index (χ1) is 11.7. The molecule has 1 aliphatic heterocycles. The monoisotopic (exact) mass is 325 g/mol. The van der Waals surface area contributed by atoms with Crippen LogP contribution in [0.5, 0.6) is 0 Å². The number of carbonyl (C=O) groups excluding carboxylic acids is 1. The molecule has 0 bridgehead atoms. The zero-order valence-corrected chi connectivity index (χ0v) is 14.0. The summed E-state index contributed by atoms with van der Waals surface area (Å²) in [6.45, 7) is 4.00. The molecule has 1 amide bonds. The van der Waals surface area contributed by atoms with Crippen LogP contribution in [0.3, 0.4) is 0 Å². The molecule has 24 heavy (non-hydrogen) atoms. The summed E-state index contributed by atoms with van der Waals surface area (Å²) in [5.41, 5.74) is 2.84. The lowest BCUT2D eigenvalue weighted by Gasteiger charge is -2.37. The van der Waals surface area contributed by atoms with Gasteiger partial charge in [-0.3, -0.25) is 9.48 Å². The van der Waals surface area contributed by atoms with Crippen LogP contribution in [-0.2, 0) is 11.3 Å². The smallest absolute Gasteiger partial charge is 0.257 e. The molecule has 0 spiro atoms. The summed E-state index contributed by atoms with van der Waals surface area (Å²) < 4.78 is 7.73. The number of benzene rings is 1. The molecule has 5 nitrogen and oxygen atoms in total. The SMILES string of the molecule is Cc1c(C(=O)N2CCOC3CCCC32)cnn1Cc1ccccc1. The molecule has 1 saturated heterocycles. The van der Waals surface area contributed by atoms with Gasteiger partial charge in [0.2, 0.25) is 0 Å². The third-order valence-corrected chi connectivity index (χ3v) is 5.25. The molecule has 2 aromatic rings. The topological polar surface area (TPSA) is 47.4 Å². The zero-order valence-electron chi connectivity index (χ0n) is 14.0. The lowest BCUT2D eigenvalue weighted by atomic mass is 10.1. The van der Waals surface area contributed by atoms with Gasteiger partial charge in [0.15, 0.2) is 0 Å². The van der Waals surface area contributed by atoms with Crippen molar-refractivity contribution in [2.75, 3.05) is 13.2 Å². The van der Waals surface area contributed by atoms with Crippen molar-refractivity contribution < 1.29 is 9.53 Å². The van der Waals surface area contributed by atoms with Crippen LogP contribution in [0.15, 0.2) is 36.5 Å². The average molecular weight is 325 g/mol. The molecule has 0 radical (unpaired) electrons. The van der Waals surface area contributed by atoms with Crippen molar-refractivity contribution in [2.24, 2.45) is 0 Å². The van der Waals surface area contributed by atoms with Gasteiger partial charge in [-0.25, -0.2) is 0 Å². The zero-order chi connectivity index (χ0) is 16.5. The minimum Gasteiger partial charge on any atom is -0.374 e. The van der Waals surface area contributed by atoms with Crippen molar-refractivity contribution in [3.05, 3.63) is 53.3 Å². The number of aromatic nitrogens is 2. The summed E-state index contributed by atoms with van der Waals surface area (Å²) in [4.78, 5) is 15.1. The van der Waals surface area contributed by atoms with E-state index in [1.807, 2.05) is 34.7 Å². The number of morpholine rings is 1. The molecule has 5 heteroatoms. The maximum atomic E-state index is 13.0. The second-order valence-corrected chi connectivity index (χ2v) is 6.69. The standard InChI is InChI=1S/C19H23N3O2/c1-14-16(12-20-22(14)13-15-6-3-2-4-7-15)19(23)21-10-11-24-18-9-5-8-17(18)21/h2-4,6-7,12,17-18H,5,8-11,13H2,1H3. The lowest BCUT2D eigenvalue weighted by Crippen LogP contribution is -2.51. The number of rotatable bonds is 3. The fraction of sp³-hybridized carbons (Fsp3) is 0.474. The first kappa shape index (κ1) is 15.4. The molecular formula is C19H23N3O2. The molecule has 1 aliphatic carbocycles. The molecule has 126 valence electrons. The van der Waals surface area contributed by atoms with Crippen molar-refractivity contribution >= 4 is 5.91 Å². The van der Waals surface area contributed by atoms with Gasteiger partial charge in [0.05, 0.1) is 37.1 Å². The van der Waals surface area contributed by atoms with Crippen LogP contribution in [-0.4, -0.2) is 45.9 Å². The van der Waals surface area contributed by atoms with E-state index >= 15 is 0 Å². The second-order valence-electron chi connectivity index (χ2n) is 6.69. The highest BCUT2D eigenvalue weighted by Crippen LogP contribution is 2.31. The first-order valence-electron chi connectivity index (χ1n) is 8.73. The maximum absolute atomic E-state index is 13.0. The van der Waals surface area contributed by atoms with Crippen LogP contribution in [0.2, 0.25) is 0 Å². The summed E-state index contributed by atoms with van der Waals surface area (Å²) in [6, 6.07) is 10.4. The Morgan fingerprint density at radius 3 is 2.96 bits per heavy atom. The van der Waals surface area contributed by atoms with E-state index in [0.717, 1.165) is 30.5 Å². The Hall–Kier alpha value is -2.14. The summed E-state index contributed by atoms with van der Waals surface area (Å²) in [7, 11) is 0. The van der Waals surface area contributed by atoms with E-state index in [1.165, 1.54) is 5.56 Å². The Morgan fingerprint density at radius 2 is 2.12 bits per heavy atom. The predicted octanol–water partition coefficient (Wildman–Crippen LogP) is 2.63. The molecule has 1 saturated carbocycles. The molecule has 0 N–H and O–H groups in total. The van der Waals surface area contributed by atoms with Gasteiger partial charge in [-0.1, -0.05) is 30.3 Å². The molecular weight excluding hydrogens is 302 g/mol. The van der Waals surface area contributed by atoms with Crippen molar-refractivity contribution in [1.82, 2.24) is 14.7 Å². The Bertz CT molecular complexity index is 725. The van der Waals surface area contributed by atoms with E-state index in [4.69, 9.17) is 4.74 Å². The molecule has 2 aliphatic rings. The molecule has 2 atom stereocenters. The molecule has 2 unspecified atom stereocenters. The predicted molar refractivity (Wildman–Crippen MR) is 90.9 cm³/mol. The minimum absolute atomic E-state index is 0.104. The Morgan fingerprint density at radius 1 is 1.29 bits per heavy atom. The highest BCUT2D eigenvalue weighted by Gasteiger charge is 2.39. The quantitative estimate of drug-likeness (QED) is 0.871. The number of amides is 1. The van der Waals surface area contributed by atoms with E-state index in [0.29, 0.717) is 19.7 Å². The number of hydrogen-bond acceptors (Lipinski definition) is 3. The fourth-order valence-electron chi connectivity index (χ4n) is 3.90. The normalized spacial score (nSPS) is 23.3. The summed E-state index contributed by atoms with van der Waals surface area (Å²) in [5, 5.41) is 4.45. The number of hydrogen-bond donors (Lipinski definition) is 0. The van der Waals surface area contributed by atoms with E-state index in [-0.39, 0.29) is 18.1 Å². The number of nitrogens with zero attached hydrogens (tertiary/aromatic N) is 3. The van der Waals surface area contributed by atoms with Gasteiger partial charge >= 0.3 is 0 Å². The van der Waals surface area contributed by atoms with Gasteiger partial charge in [0.25, 0.3) is 5.91 Å². The van der Waals surface area contributed by atoms with Gasteiger partial charge in [-0.05, 0) is 31.7 Å².